The molecule has 116 valence electrons. The molecule has 0 saturated heterocycles. The van der Waals surface area contributed by atoms with Gasteiger partial charge in [0.05, 0.1) is 5.69 Å². The lowest BCUT2D eigenvalue weighted by atomic mass is 10.2. The molecule has 3 aromatic carbocycles. The summed E-state index contributed by atoms with van der Waals surface area (Å²) in [7, 11) is 0. The predicted molar refractivity (Wildman–Crippen MR) is 92.9 cm³/mol. The van der Waals surface area contributed by atoms with Crippen molar-refractivity contribution >= 4 is 5.69 Å². The molecule has 3 nitrogen and oxygen atoms in total. The number of hydrogen-bond donors (Lipinski definition) is 1. The normalized spacial score (nSPS) is 10.3. The van der Waals surface area contributed by atoms with E-state index >= 15 is 0 Å². The second-order valence-electron chi connectivity index (χ2n) is 5.34. The maximum Gasteiger partial charge on any atom is 0.153 e. The number of hydrogen-bond acceptors (Lipinski definition) is 3. The first-order valence-electron chi connectivity index (χ1n) is 7.52. The Bertz CT molecular complexity index is 747. The highest BCUT2D eigenvalue weighted by Crippen LogP contribution is 2.31. The van der Waals surface area contributed by atoms with Gasteiger partial charge in [-0.2, -0.15) is 0 Å². The number of para-hydroxylation sites is 1. The molecule has 0 heterocycles. The smallest absolute Gasteiger partial charge is 0.153 e. The molecule has 3 heteroatoms. The van der Waals surface area contributed by atoms with Crippen LogP contribution in [-0.2, 0) is 6.61 Å². The average Bonchev–Trinajstić information content (AvgIpc) is 2.58. The molecular formula is C20H19NO2. The highest BCUT2D eigenvalue weighted by molar-refractivity contribution is 5.57. The zero-order valence-corrected chi connectivity index (χ0v) is 13.0. The highest BCUT2D eigenvalue weighted by atomic mass is 16.5. The Labute approximate surface area is 136 Å². The number of aryl methyl sites for hydroxylation is 1. The molecule has 0 saturated carbocycles. The average molecular weight is 305 g/mol. The van der Waals surface area contributed by atoms with E-state index in [9.17, 15) is 0 Å². The Kier molecular flexibility index (Phi) is 4.48. The molecule has 0 spiro atoms. The second kappa shape index (κ2) is 6.88. The molecule has 0 aliphatic rings. The summed E-state index contributed by atoms with van der Waals surface area (Å²) < 4.78 is 11.6. The van der Waals surface area contributed by atoms with E-state index in [2.05, 4.69) is 0 Å². The van der Waals surface area contributed by atoms with Crippen molar-refractivity contribution in [1.82, 2.24) is 0 Å². The van der Waals surface area contributed by atoms with Gasteiger partial charge in [0.25, 0.3) is 0 Å². The maximum absolute atomic E-state index is 5.96. The van der Waals surface area contributed by atoms with Crippen molar-refractivity contribution in [3.63, 3.8) is 0 Å². The Hall–Kier alpha value is -2.94. The molecule has 2 N–H and O–H groups in total. The van der Waals surface area contributed by atoms with Gasteiger partial charge in [-0.15, -0.1) is 0 Å². The molecule has 3 aromatic rings. The summed E-state index contributed by atoms with van der Waals surface area (Å²) in [5, 5.41) is 0. The lowest BCUT2D eigenvalue weighted by Gasteiger charge is -2.12. The molecule has 0 fully saturated rings. The molecule has 0 bridgehead atoms. The highest BCUT2D eigenvalue weighted by Gasteiger charge is 2.05. The van der Waals surface area contributed by atoms with Gasteiger partial charge in [0, 0.05) is 0 Å². The third kappa shape index (κ3) is 3.83. The summed E-state index contributed by atoms with van der Waals surface area (Å²) in [4.78, 5) is 0. The van der Waals surface area contributed by atoms with Crippen LogP contribution in [-0.4, -0.2) is 0 Å². The summed E-state index contributed by atoms with van der Waals surface area (Å²) >= 11 is 0. The molecule has 0 radical (unpaired) electrons. The Morgan fingerprint density at radius 1 is 0.783 bits per heavy atom. The fourth-order valence-corrected chi connectivity index (χ4v) is 2.28. The molecule has 0 atom stereocenters. The lowest BCUT2D eigenvalue weighted by Crippen LogP contribution is -1.96. The molecule has 0 aliphatic heterocycles. The molecular weight excluding hydrogens is 286 g/mol. The number of anilines is 1. The number of benzene rings is 3. The van der Waals surface area contributed by atoms with Crippen LogP contribution in [0.1, 0.15) is 11.1 Å². The third-order valence-electron chi connectivity index (χ3n) is 3.53. The summed E-state index contributed by atoms with van der Waals surface area (Å²) in [5.41, 5.74) is 8.74. The first kappa shape index (κ1) is 15.0. The lowest BCUT2D eigenvalue weighted by molar-refractivity contribution is 0.306. The summed E-state index contributed by atoms with van der Waals surface area (Å²) in [6.07, 6.45) is 0. The van der Waals surface area contributed by atoms with Gasteiger partial charge >= 0.3 is 0 Å². The molecule has 0 aromatic heterocycles. The van der Waals surface area contributed by atoms with E-state index in [1.807, 2.05) is 79.7 Å². The minimum atomic E-state index is 0.547. The van der Waals surface area contributed by atoms with E-state index in [1.54, 1.807) is 0 Å². The van der Waals surface area contributed by atoms with Crippen LogP contribution in [0.25, 0.3) is 0 Å². The number of nitrogens with two attached hydrogens (primary N) is 1. The van der Waals surface area contributed by atoms with E-state index in [1.165, 1.54) is 0 Å². The first-order valence-corrected chi connectivity index (χ1v) is 7.52. The molecule has 23 heavy (non-hydrogen) atoms. The molecule has 0 unspecified atom stereocenters. The van der Waals surface area contributed by atoms with E-state index < -0.39 is 0 Å². The topological polar surface area (TPSA) is 44.5 Å². The van der Waals surface area contributed by atoms with E-state index in [0.29, 0.717) is 18.0 Å². The SMILES string of the molecule is Cc1cccc(N)c1Oc1ccc(OCc2ccccc2)cc1. The molecule has 3 rings (SSSR count). The van der Waals surface area contributed by atoms with Gasteiger partial charge in [0.15, 0.2) is 5.75 Å². The standard InChI is InChI=1S/C20H19NO2/c1-15-6-5-9-19(21)20(15)23-18-12-10-17(11-13-18)22-14-16-7-3-2-4-8-16/h2-13H,14,21H2,1H3. The summed E-state index contributed by atoms with van der Waals surface area (Å²) in [5.74, 6) is 2.24. The van der Waals surface area contributed by atoms with Crippen LogP contribution in [0.2, 0.25) is 0 Å². The Morgan fingerprint density at radius 2 is 1.48 bits per heavy atom. The van der Waals surface area contributed by atoms with Gasteiger partial charge < -0.3 is 15.2 Å². The van der Waals surface area contributed by atoms with Crippen molar-refractivity contribution < 1.29 is 9.47 Å². The van der Waals surface area contributed by atoms with Gasteiger partial charge in [-0.25, -0.2) is 0 Å². The van der Waals surface area contributed by atoms with Crippen molar-refractivity contribution in [3.05, 3.63) is 83.9 Å². The van der Waals surface area contributed by atoms with E-state index in [0.717, 1.165) is 22.6 Å². The minimum Gasteiger partial charge on any atom is -0.489 e. The molecule has 0 amide bonds. The van der Waals surface area contributed by atoms with Crippen molar-refractivity contribution in [2.75, 3.05) is 5.73 Å². The quantitative estimate of drug-likeness (QED) is 0.678. The van der Waals surface area contributed by atoms with Crippen LogP contribution in [0.15, 0.2) is 72.8 Å². The minimum absolute atomic E-state index is 0.547. The maximum atomic E-state index is 5.96. The van der Waals surface area contributed by atoms with Gasteiger partial charge in [0.2, 0.25) is 0 Å². The van der Waals surface area contributed by atoms with Crippen LogP contribution in [0.4, 0.5) is 5.69 Å². The third-order valence-corrected chi connectivity index (χ3v) is 3.53. The van der Waals surface area contributed by atoms with Gasteiger partial charge in [-0.3, -0.25) is 0 Å². The number of rotatable bonds is 5. The fraction of sp³-hybridized carbons (Fsp3) is 0.100. The summed E-state index contributed by atoms with van der Waals surface area (Å²) in [6, 6.07) is 23.4. The molecule has 0 aliphatic carbocycles. The number of nitrogen functional groups attached to an aromatic ring is 1. The van der Waals surface area contributed by atoms with Crippen molar-refractivity contribution in [2.24, 2.45) is 0 Å². The van der Waals surface area contributed by atoms with E-state index in [4.69, 9.17) is 15.2 Å². The fourth-order valence-electron chi connectivity index (χ4n) is 2.28. The van der Waals surface area contributed by atoms with Gasteiger partial charge in [0.1, 0.15) is 18.1 Å². The van der Waals surface area contributed by atoms with Crippen molar-refractivity contribution in [3.8, 4) is 17.2 Å². The van der Waals surface area contributed by atoms with Crippen LogP contribution in [0, 0.1) is 6.92 Å². The van der Waals surface area contributed by atoms with Crippen molar-refractivity contribution in [1.29, 1.82) is 0 Å². The van der Waals surface area contributed by atoms with Gasteiger partial charge in [-0.1, -0.05) is 42.5 Å². The predicted octanol–water partition coefficient (Wildman–Crippen LogP) is 4.95. The van der Waals surface area contributed by atoms with Crippen LogP contribution in [0.5, 0.6) is 17.2 Å². The van der Waals surface area contributed by atoms with Crippen LogP contribution in [0.3, 0.4) is 0 Å². The largest absolute Gasteiger partial charge is 0.489 e. The Balaban J connectivity index is 1.65. The van der Waals surface area contributed by atoms with Crippen LogP contribution < -0.4 is 15.2 Å². The summed E-state index contributed by atoms with van der Waals surface area (Å²) in [6.45, 7) is 2.52. The first-order chi connectivity index (χ1) is 11.2. The Morgan fingerprint density at radius 3 is 2.17 bits per heavy atom. The van der Waals surface area contributed by atoms with Gasteiger partial charge in [-0.05, 0) is 48.4 Å². The van der Waals surface area contributed by atoms with Crippen molar-refractivity contribution in [2.45, 2.75) is 13.5 Å². The van der Waals surface area contributed by atoms with Crippen LogP contribution >= 0.6 is 0 Å². The monoisotopic (exact) mass is 305 g/mol. The number of ether oxygens (including phenoxy) is 2. The second-order valence-corrected chi connectivity index (χ2v) is 5.34. The zero-order valence-electron chi connectivity index (χ0n) is 13.0. The van der Waals surface area contributed by atoms with E-state index in [-0.39, 0.29) is 0 Å². The zero-order chi connectivity index (χ0) is 16.1.